The van der Waals surface area contributed by atoms with Crippen LogP contribution >= 0.6 is 0 Å². The summed E-state index contributed by atoms with van der Waals surface area (Å²) in [6.45, 7) is 0.339. The highest BCUT2D eigenvalue weighted by Gasteiger charge is 2.03. The molecule has 0 unspecified atom stereocenters. The largest absolute Gasteiger partial charge is 0.478 e. The first kappa shape index (κ1) is 11.0. The number of nitrogens with two attached hydrogens (primary N) is 1. The molecule has 6 nitrogen and oxygen atoms in total. The Bertz CT molecular complexity index is 379. The summed E-state index contributed by atoms with van der Waals surface area (Å²) in [4.78, 5) is 24.9. The number of hydrogen-bond donors (Lipinski definition) is 3. The number of carboxylic acids is 1. The van der Waals surface area contributed by atoms with Crippen molar-refractivity contribution < 1.29 is 14.7 Å². The summed E-state index contributed by atoms with van der Waals surface area (Å²) in [5.74, 6) is -1.02. The maximum absolute atomic E-state index is 10.6. The zero-order chi connectivity index (χ0) is 11.3. The fourth-order valence-electron chi connectivity index (χ4n) is 0.974. The predicted molar refractivity (Wildman–Crippen MR) is 53.5 cm³/mol. The second-order valence-corrected chi connectivity index (χ2v) is 2.88. The number of carbonyl (C=O) groups excluding carboxylic acids is 1. The number of carbonyl (C=O) groups is 2. The third kappa shape index (κ3) is 3.63. The minimum Gasteiger partial charge on any atom is -0.478 e. The van der Waals surface area contributed by atoms with Gasteiger partial charge in [-0.25, -0.2) is 9.78 Å². The van der Waals surface area contributed by atoms with Crippen LogP contribution in [0.25, 0.3) is 0 Å². The summed E-state index contributed by atoms with van der Waals surface area (Å²) >= 11 is 0. The molecular weight excluding hydrogens is 198 g/mol. The number of nitrogens with one attached hydrogen (secondary N) is 1. The van der Waals surface area contributed by atoms with Gasteiger partial charge in [0.1, 0.15) is 5.82 Å². The van der Waals surface area contributed by atoms with Crippen molar-refractivity contribution in [1.82, 2.24) is 4.98 Å². The molecule has 80 valence electrons. The standard InChI is InChI=1S/C9H11N3O3/c10-7(13)2-4-12-8-5-6(9(14)15)1-3-11-8/h1,3,5H,2,4H2,(H2,10,13)(H,11,12)(H,14,15). The lowest BCUT2D eigenvalue weighted by Crippen LogP contribution is -2.16. The zero-order valence-corrected chi connectivity index (χ0v) is 7.93. The van der Waals surface area contributed by atoms with E-state index in [-0.39, 0.29) is 12.0 Å². The van der Waals surface area contributed by atoms with Crippen molar-refractivity contribution in [3.8, 4) is 0 Å². The van der Waals surface area contributed by atoms with Crippen molar-refractivity contribution >= 4 is 17.7 Å². The van der Waals surface area contributed by atoms with Crippen LogP contribution in [0.15, 0.2) is 18.3 Å². The molecule has 1 heterocycles. The average molecular weight is 209 g/mol. The minimum atomic E-state index is -1.02. The summed E-state index contributed by atoms with van der Waals surface area (Å²) in [6.07, 6.45) is 1.56. The van der Waals surface area contributed by atoms with Crippen molar-refractivity contribution in [1.29, 1.82) is 0 Å². The summed E-state index contributed by atoms with van der Waals surface area (Å²) in [7, 11) is 0. The van der Waals surface area contributed by atoms with Gasteiger partial charge in [0, 0.05) is 19.2 Å². The van der Waals surface area contributed by atoms with E-state index in [0.29, 0.717) is 12.4 Å². The van der Waals surface area contributed by atoms with E-state index in [1.165, 1.54) is 18.3 Å². The van der Waals surface area contributed by atoms with Crippen LogP contribution in [-0.2, 0) is 4.79 Å². The molecule has 1 aromatic heterocycles. The van der Waals surface area contributed by atoms with Crippen LogP contribution in [0, 0.1) is 0 Å². The molecule has 0 aliphatic heterocycles. The van der Waals surface area contributed by atoms with Crippen LogP contribution in [0.2, 0.25) is 0 Å². The van der Waals surface area contributed by atoms with Gasteiger partial charge in [0.25, 0.3) is 0 Å². The molecule has 0 aliphatic rings. The Balaban J connectivity index is 2.58. The van der Waals surface area contributed by atoms with E-state index in [1.807, 2.05) is 0 Å². The molecule has 0 bridgehead atoms. The van der Waals surface area contributed by atoms with Crippen LogP contribution in [0.4, 0.5) is 5.82 Å². The van der Waals surface area contributed by atoms with Crippen molar-refractivity contribution in [3.63, 3.8) is 0 Å². The molecule has 15 heavy (non-hydrogen) atoms. The van der Waals surface area contributed by atoms with Gasteiger partial charge in [-0.2, -0.15) is 0 Å². The second kappa shape index (κ2) is 4.94. The molecule has 0 aliphatic carbocycles. The molecule has 0 aromatic carbocycles. The molecule has 1 aromatic rings. The Morgan fingerprint density at radius 3 is 2.87 bits per heavy atom. The van der Waals surface area contributed by atoms with Crippen LogP contribution in [0.3, 0.4) is 0 Å². The van der Waals surface area contributed by atoms with E-state index >= 15 is 0 Å². The lowest BCUT2D eigenvalue weighted by atomic mass is 10.2. The molecule has 0 spiro atoms. The molecule has 6 heteroatoms. The van der Waals surface area contributed by atoms with Gasteiger partial charge >= 0.3 is 5.97 Å². The van der Waals surface area contributed by atoms with E-state index in [9.17, 15) is 9.59 Å². The highest BCUT2D eigenvalue weighted by Crippen LogP contribution is 2.06. The maximum atomic E-state index is 10.6. The monoisotopic (exact) mass is 209 g/mol. The molecular formula is C9H11N3O3. The van der Waals surface area contributed by atoms with Crippen molar-refractivity contribution in [2.45, 2.75) is 6.42 Å². The first-order valence-corrected chi connectivity index (χ1v) is 4.31. The molecule has 1 amide bonds. The Labute approximate surface area is 86.1 Å². The maximum Gasteiger partial charge on any atom is 0.335 e. The summed E-state index contributed by atoms with van der Waals surface area (Å²) in [5.41, 5.74) is 5.09. The highest BCUT2D eigenvalue weighted by atomic mass is 16.4. The lowest BCUT2D eigenvalue weighted by Gasteiger charge is -2.03. The number of primary amides is 1. The van der Waals surface area contributed by atoms with Gasteiger partial charge in [-0.05, 0) is 12.1 Å². The van der Waals surface area contributed by atoms with E-state index in [0.717, 1.165) is 0 Å². The first-order chi connectivity index (χ1) is 7.09. The fourth-order valence-corrected chi connectivity index (χ4v) is 0.974. The normalized spacial score (nSPS) is 9.60. The predicted octanol–water partition coefficient (Wildman–Crippen LogP) is 0.0671. The van der Waals surface area contributed by atoms with Crippen LogP contribution in [0.5, 0.6) is 0 Å². The molecule has 0 saturated carbocycles. The Morgan fingerprint density at radius 2 is 2.27 bits per heavy atom. The smallest absolute Gasteiger partial charge is 0.335 e. The minimum absolute atomic E-state index is 0.145. The summed E-state index contributed by atoms with van der Waals surface area (Å²) in [5, 5.41) is 11.5. The van der Waals surface area contributed by atoms with Gasteiger partial charge in [0.15, 0.2) is 0 Å². The highest BCUT2D eigenvalue weighted by molar-refractivity contribution is 5.88. The number of nitrogens with zero attached hydrogens (tertiary/aromatic N) is 1. The van der Waals surface area contributed by atoms with Gasteiger partial charge in [-0.15, -0.1) is 0 Å². The van der Waals surface area contributed by atoms with Gasteiger partial charge in [0.2, 0.25) is 5.91 Å². The molecule has 0 fully saturated rings. The fraction of sp³-hybridized carbons (Fsp3) is 0.222. The van der Waals surface area contributed by atoms with E-state index < -0.39 is 11.9 Å². The number of carboxylic acid groups (broad SMARTS) is 1. The number of amides is 1. The number of aromatic nitrogens is 1. The van der Waals surface area contributed by atoms with E-state index in [1.54, 1.807) is 0 Å². The quantitative estimate of drug-likeness (QED) is 0.636. The van der Waals surface area contributed by atoms with Gasteiger partial charge in [-0.1, -0.05) is 0 Å². The number of pyridine rings is 1. The van der Waals surface area contributed by atoms with E-state index in [2.05, 4.69) is 10.3 Å². The third-order valence-electron chi connectivity index (χ3n) is 1.68. The number of aromatic carboxylic acids is 1. The molecule has 1 rings (SSSR count). The lowest BCUT2D eigenvalue weighted by molar-refractivity contribution is -0.117. The molecule has 0 radical (unpaired) electrons. The van der Waals surface area contributed by atoms with Crippen molar-refractivity contribution in [2.75, 3.05) is 11.9 Å². The average Bonchev–Trinajstić information content (AvgIpc) is 2.17. The number of hydrogen-bond acceptors (Lipinski definition) is 4. The van der Waals surface area contributed by atoms with Gasteiger partial charge in [0.05, 0.1) is 5.56 Å². The number of anilines is 1. The van der Waals surface area contributed by atoms with Crippen LogP contribution < -0.4 is 11.1 Å². The Morgan fingerprint density at radius 1 is 1.53 bits per heavy atom. The zero-order valence-electron chi connectivity index (χ0n) is 7.93. The van der Waals surface area contributed by atoms with Crippen LogP contribution in [-0.4, -0.2) is 28.5 Å². The van der Waals surface area contributed by atoms with Gasteiger partial charge < -0.3 is 16.2 Å². The molecule has 0 saturated heterocycles. The van der Waals surface area contributed by atoms with E-state index in [4.69, 9.17) is 10.8 Å². The third-order valence-corrected chi connectivity index (χ3v) is 1.68. The van der Waals surface area contributed by atoms with Crippen LogP contribution in [0.1, 0.15) is 16.8 Å². The summed E-state index contributed by atoms with van der Waals surface area (Å²) in [6, 6.07) is 2.78. The summed E-state index contributed by atoms with van der Waals surface area (Å²) < 4.78 is 0. The topological polar surface area (TPSA) is 105 Å². The van der Waals surface area contributed by atoms with Gasteiger partial charge in [-0.3, -0.25) is 4.79 Å². The van der Waals surface area contributed by atoms with Crippen molar-refractivity contribution in [3.05, 3.63) is 23.9 Å². The second-order valence-electron chi connectivity index (χ2n) is 2.88. The Hall–Kier alpha value is -2.11. The Kier molecular flexibility index (Phi) is 3.61. The molecule has 4 N–H and O–H groups in total. The van der Waals surface area contributed by atoms with Crippen molar-refractivity contribution in [2.24, 2.45) is 5.73 Å². The number of rotatable bonds is 5. The first-order valence-electron chi connectivity index (χ1n) is 4.31. The SMILES string of the molecule is NC(=O)CCNc1cc(C(=O)O)ccn1. The molecule has 0 atom stereocenters.